The van der Waals surface area contributed by atoms with Gasteiger partial charge in [0.2, 0.25) is 0 Å². The average Bonchev–Trinajstić information content (AvgIpc) is 2.39. The Labute approximate surface area is 111 Å². The van der Waals surface area contributed by atoms with Crippen molar-refractivity contribution in [3.63, 3.8) is 0 Å². The summed E-state index contributed by atoms with van der Waals surface area (Å²) in [6.45, 7) is 0.677. The van der Waals surface area contributed by atoms with Gasteiger partial charge in [0.15, 0.2) is 0 Å². The molecule has 0 bridgehead atoms. The molecule has 1 saturated heterocycles. The monoisotopic (exact) mass is 266 g/mol. The van der Waals surface area contributed by atoms with E-state index in [0.717, 1.165) is 11.3 Å². The molecule has 0 aromatic heterocycles. The summed E-state index contributed by atoms with van der Waals surface area (Å²) < 4.78 is 31.4. The molecule has 0 amide bonds. The van der Waals surface area contributed by atoms with Crippen LogP contribution in [0.25, 0.3) is 0 Å². The summed E-state index contributed by atoms with van der Waals surface area (Å²) in [7, 11) is 1.55. The minimum atomic E-state index is -2.54. The maximum Gasteiger partial charge on any atom is 0.251 e. The van der Waals surface area contributed by atoms with Crippen LogP contribution in [0.4, 0.5) is 14.5 Å². The van der Waals surface area contributed by atoms with Crippen molar-refractivity contribution in [3.8, 4) is 11.8 Å². The van der Waals surface area contributed by atoms with E-state index in [4.69, 9.17) is 10.00 Å². The predicted molar refractivity (Wildman–Crippen MR) is 68.7 cm³/mol. The molecule has 102 valence electrons. The summed E-state index contributed by atoms with van der Waals surface area (Å²) in [6.07, 6.45) is 0.0141. The molecule has 2 rings (SSSR count). The number of alkyl halides is 2. The molecule has 1 aromatic carbocycles. The van der Waals surface area contributed by atoms with E-state index in [0.29, 0.717) is 18.8 Å². The summed E-state index contributed by atoms with van der Waals surface area (Å²) >= 11 is 0. The van der Waals surface area contributed by atoms with Crippen LogP contribution in [0.5, 0.6) is 5.75 Å². The molecule has 0 atom stereocenters. The van der Waals surface area contributed by atoms with Gasteiger partial charge in [-0.05, 0) is 18.2 Å². The van der Waals surface area contributed by atoms with E-state index in [-0.39, 0.29) is 19.3 Å². The van der Waals surface area contributed by atoms with Crippen LogP contribution in [-0.4, -0.2) is 26.1 Å². The van der Waals surface area contributed by atoms with Crippen LogP contribution in [-0.2, 0) is 6.42 Å². The summed E-state index contributed by atoms with van der Waals surface area (Å²) in [4.78, 5) is 1.93. The molecule has 3 nitrogen and oxygen atoms in total. The van der Waals surface area contributed by atoms with Crippen molar-refractivity contribution in [1.29, 1.82) is 5.26 Å². The van der Waals surface area contributed by atoms with Crippen LogP contribution in [0.2, 0.25) is 0 Å². The minimum Gasteiger partial charge on any atom is -0.496 e. The topological polar surface area (TPSA) is 36.3 Å². The highest BCUT2D eigenvalue weighted by atomic mass is 19.3. The summed E-state index contributed by atoms with van der Waals surface area (Å²) in [5, 5.41) is 8.79. The summed E-state index contributed by atoms with van der Waals surface area (Å²) in [6, 6.07) is 7.57. The van der Waals surface area contributed by atoms with Crippen LogP contribution in [0, 0.1) is 11.3 Å². The SMILES string of the molecule is COc1ccc(N2CCC(F)(F)CC2)cc1CC#N. The normalized spacial score (nSPS) is 17.9. The van der Waals surface area contributed by atoms with Gasteiger partial charge in [0.1, 0.15) is 5.75 Å². The third kappa shape index (κ3) is 3.14. The number of nitrogens with zero attached hydrogens (tertiary/aromatic N) is 2. The number of hydrogen-bond donors (Lipinski definition) is 0. The largest absolute Gasteiger partial charge is 0.496 e. The number of ether oxygens (including phenoxy) is 1. The fourth-order valence-electron chi connectivity index (χ4n) is 2.28. The molecule has 1 aliphatic rings. The van der Waals surface area contributed by atoms with Gasteiger partial charge >= 0.3 is 0 Å². The predicted octanol–water partition coefficient (Wildman–Crippen LogP) is 3.00. The standard InChI is InChI=1S/C14H16F2N2O/c1-19-13-3-2-12(10-11(13)4-7-17)18-8-5-14(15,16)6-9-18/h2-3,10H,4-6,8-9H2,1H3. The van der Waals surface area contributed by atoms with Gasteiger partial charge in [0.25, 0.3) is 5.92 Å². The molecule has 0 saturated carbocycles. The van der Waals surface area contributed by atoms with Crippen molar-refractivity contribution >= 4 is 5.69 Å². The number of anilines is 1. The molecular formula is C14H16F2N2O. The zero-order chi connectivity index (χ0) is 13.9. The molecule has 1 fully saturated rings. The fraction of sp³-hybridized carbons (Fsp3) is 0.500. The van der Waals surface area contributed by atoms with Crippen LogP contribution < -0.4 is 9.64 Å². The number of benzene rings is 1. The second-order valence-electron chi connectivity index (χ2n) is 4.67. The van der Waals surface area contributed by atoms with Crippen molar-refractivity contribution in [2.45, 2.75) is 25.2 Å². The van der Waals surface area contributed by atoms with Crippen molar-refractivity contribution in [2.24, 2.45) is 0 Å². The molecule has 1 aliphatic heterocycles. The smallest absolute Gasteiger partial charge is 0.251 e. The maximum atomic E-state index is 13.1. The molecule has 0 aliphatic carbocycles. The van der Waals surface area contributed by atoms with E-state index in [1.165, 1.54) is 0 Å². The van der Waals surface area contributed by atoms with E-state index < -0.39 is 5.92 Å². The Balaban J connectivity index is 2.17. The molecule has 0 spiro atoms. The Morgan fingerprint density at radius 1 is 1.37 bits per heavy atom. The van der Waals surface area contributed by atoms with Crippen LogP contribution >= 0.6 is 0 Å². The second kappa shape index (κ2) is 5.43. The third-order valence-corrected chi connectivity index (χ3v) is 3.39. The van der Waals surface area contributed by atoms with E-state index in [2.05, 4.69) is 6.07 Å². The zero-order valence-electron chi connectivity index (χ0n) is 10.8. The molecule has 1 aromatic rings. The third-order valence-electron chi connectivity index (χ3n) is 3.39. The number of halogens is 2. The Morgan fingerprint density at radius 2 is 2.05 bits per heavy atom. The summed E-state index contributed by atoms with van der Waals surface area (Å²) in [5.74, 6) is -1.88. The number of methoxy groups -OCH3 is 1. The van der Waals surface area contributed by atoms with Gasteiger partial charge in [0, 0.05) is 37.2 Å². The molecule has 1 heterocycles. The van der Waals surface area contributed by atoms with Gasteiger partial charge in [-0.1, -0.05) is 0 Å². The van der Waals surface area contributed by atoms with Crippen LogP contribution in [0.1, 0.15) is 18.4 Å². The first-order valence-electron chi connectivity index (χ1n) is 6.22. The van der Waals surface area contributed by atoms with Crippen molar-refractivity contribution in [3.05, 3.63) is 23.8 Å². The fourth-order valence-corrected chi connectivity index (χ4v) is 2.28. The highest BCUT2D eigenvalue weighted by Gasteiger charge is 2.34. The second-order valence-corrected chi connectivity index (χ2v) is 4.67. The van der Waals surface area contributed by atoms with Gasteiger partial charge in [-0.15, -0.1) is 0 Å². The Hall–Kier alpha value is -1.83. The maximum absolute atomic E-state index is 13.1. The highest BCUT2D eigenvalue weighted by molar-refractivity contribution is 5.54. The number of rotatable bonds is 3. The first kappa shape index (κ1) is 13.6. The highest BCUT2D eigenvalue weighted by Crippen LogP contribution is 2.32. The quantitative estimate of drug-likeness (QED) is 0.843. The van der Waals surface area contributed by atoms with E-state index >= 15 is 0 Å². The lowest BCUT2D eigenvalue weighted by Crippen LogP contribution is -2.39. The first-order chi connectivity index (χ1) is 9.05. The lowest BCUT2D eigenvalue weighted by atomic mass is 10.0. The van der Waals surface area contributed by atoms with Crippen molar-refractivity contribution in [1.82, 2.24) is 0 Å². The molecule has 0 radical (unpaired) electrons. The lowest BCUT2D eigenvalue weighted by Gasteiger charge is -2.33. The molecule has 19 heavy (non-hydrogen) atoms. The Bertz CT molecular complexity index is 487. The van der Waals surface area contributed by atoms with E-state index in [1.54, 1.807) is 13.2 Å². The van der Waals surface area contributed by atoms with Gasteiger partial charge in [-0.25, -0.2) is 8.78 Å². The molecule has 0 N–H and O–H groups in total. The minimum absolute atomic E-state index is 0.118. The Morgan fingerprint density at radius 3 is 2.63 bits per heavy atom. The number of nitriles is 1. The Kier molecular flexibility index (Phi) is 3.89. The van der Waals surface area contributed by atoms with Gasteiger partial charge in [-0.2, -0.15) is 5.26 Å². The summed E-state index contributed by atoms with van der Waals surface area (Å²) in [5.41, 5.74) is 1.67. The molecule has 5 heteroatoms. The number of piperidine rings is 1. The van der Waals surface area contributed by atoms with Crippen LogP contribution in [0.3, 0.4) is 0 Å². The van der Waals surface area contributed by atoms with E-state index in [9.17, 15) is 8.78 Å². The first-order valence-corrected chi connectivity index (χ1v) is 6.22. The number of hydrogen-bond acceptors (Lipinski definition) is 3. The molecule has 0 unspecified atom stereocenters. The lowest BCUT2D eigenvalue weighted by molar-refractivity contribution is -0.0220. The van der Waals surface area contributed by atoms with Gasteiger partial charge < -0.3 is 9.64 Å². The van der Waals surface area contributed by atoms with E-state index in [1.807, 2.05) is 17.0 Å². The van der Waals surface area contributed by atoms with Crippen LogP contribution in [0.15, 0.2) is 18.2 Å². The van der Waals surface area contributed by atoms with Gasteiger partial charge in [0.05, 0.1) is 19.6 Å². The van der Waals surface area contributed by atoms with Crippen molar-refractivity contribution < 1.29 is 13.5 Å². The zero-order valence-corrected chi connectivity index (χ0v) is 10.8. The van der Waals surface area contributed by atoms with Crippen molar-refractivity contribution in [2.75, 3.05) is 25.1 Å². The van der Waals surface area contributed by atoms with Gasteiger partial charge in [-0.3, -0.25) is 0 Å². The molecular weight excluding hydrogens is 250 g/mol. The average molecular weight is 266 g/mol.